The lowest BCUT2D eigenvalue weighted by Gasteiger charge is -2.58. The number of carboxylic acids is 1. The average Bonchev–Trinajstić information content (AvgIpc) is 3.18. The van der Waals surface area contributed by atoms with E-state index in [2.05, 4.69) is 22.0 Å². The van der Waals surface area contributed by atoms with E-state index < -0.39 is 12.1 Å². The Hall–Kier alpha value is -3.15. The minimum atomic E-state index is -5.08. The van der Waals surface area contributed by atoms with Gasteiger partial charge >= 0.3 is 12.1 Å². The molecule has 1 atom stereocenters. The summed E-state index contributed by atoms with van der Waals surface area (Å²) in [5.74, 6) is -1.51. The quantitative estimate of drug-likeness (QED) is 0.732. The Morgan fingerprint density at radius 3 is 2.52 bits per heavy atom. The number of carboxylic acid groups (broad SMARTS) is 1. The molecule has 0 radical (unpaired) electrons. The van der Waals surface area contributed by atoms with Crippen LogP contribution < -0.4 is 4.74 Å². The summed E-state index contributed by atoms with van der Waals surface area (Å²) in [6, 6.07) is 5.72. The third-order valence-corrected chi connectivity index (χ3v) is 5.91. The van der Waals surface area contributed by atoms with Crippen LogP contribution in [0.5, 0.6) is 5.88 Å². The van der Waals surface area contributed by atoms with Gasteiger partial charge in [0.05, 0.1) is 23.9 Å². The monoisotopic (exact) mass is 469 g/mol. The molecule has 4 rings (SSSR count). The van der Waals surface area contributed by atoms with Crippen LogP contribution >= 0.6 is 0 Å². The number of piperidine rings is 1. The zero-order chi connectivity index (χ0) is 24.2. The SMILES string of the molecule is CN1CCC(COc2ccccn2)CC12CN(C(=O)c1cnn(C)c1)C2.O=C(O)C(F)(F)F. The first-order valence-corrected chi connectivity index (χ1v) is 10.3. The molecular weight excluding hydrogens is 443 g/mol. The van der Waals surface area contributed by atoms with Crippen molar-refractivity contribution in [2.45, 2.75) is 24.6 Å². The van der Waals surface area contributed by atoms with E-state index in [9.17, 15) is 18.0 Å². The van der Waals surface area contributed by atoms with Crippen LogP contribution in [0.25, 0.3) is 0 Å². The van der Waals surface area contributed by atoms with Gasteiger partial charge in [0.15, 0.2) is 0 Å². The maximum Gasteiger partial charge on any atom is 0.490 e. The van der Waals surface area contributed by atoms with Gasteiger partial charge < -0.3 is 14.7 Å². The van der Waals surface area contributed by atoms with Crippen LogP contribution in [0.3, 0.4) is 0 Å². The van der Waals surface area contributed by atoms with Gasteiger partial charge in [-0.15, -0.1) is 0 Å². The molecule has 1 spiro atoms. The van der Waals surface area contributed by atoms with Gasteiger partial charge in [-0.25, -0.2) is 9.78 Å². The van der Waals surface area contributed by atoms with Crippen molar-refractivity contribution in [1.82, 2.24) is 24.6 Å². The van der Waals surface area contributed by atoms with E-state index >= 15 is 0 Å². The Morgan fingerprint density at radius 1 is 1.27 bits per heavy atom. The minimum Gasteiger partial charge on any atom is -0.477 e. The summed E-state index contributed by atoms with van der Waals surface area (Å²) < 4.78 is 39.3. The van der Waals surface area contributed by atoms with Gasteiger partial charge in [-0.1, -0.05) is 6.07 Å². The summed E-state index contributed by atoms with van der Waals surface area (Å²) in [6.45, 7) is 3.27. The fourth-order valence-corrected chi connectivity index (χ4v) is 4.08. The number of rotatable bonds is 4. The Morgan fingerprint density at radius 2 is 1.97 bits per heavy atom. The van der Waals surface area contributed by atoms with Crippen LogP contribution in [-0.2, 0) is 11.8 Å². The smallest absolute Gasteiger partial charge is 0.477 e. The van der Waals surface area contributed by atoms with E-state index in [1.807, 2.05) is 30.1 Å². The number of pyridine rings is 1. The van der Waals surface area contributed by atoms with Crippen LogP contribution in [0.1, 0.15) is 23.2 Å². The lowest BCUT2D eigenvalue weighted by molar-refractivity contribution is -0.192. The molecule has 33 heavy (non-hydrogen) atoms. The predicted octanol–water partition coefficient (Wildman–Crippen LogP) is 2.06. The number of aromatic nitrogens is 3. The summed E-state index contributed by atoms with van der Waals surface area (Å²) in [4.78, 5) is 30.0. The number of likely N-dealkylation sites (N-methyl/N-ethyl adjacent to an activating group) is 1. The Bertz CT molecular complexity index is 960. The van der Waals surface area contributed by atoms with Crippen LogP contribution in [0, 0.1) is 5.92 Å². The maximum absolute atomic E-state index is 12.6. The van der Waals surface area contributed by atoms with Gasteiger partial charge in [0, 0.05) is 38.6 Å². The van der Waals surface area contributed by atoms with Gasteiger partial charge in [0.1, 0.15) is 0 Å². The molecule has 0 aromatic carbocycles. The molecule has 2 aliphatic heterocycles. The van der Waals surface area contributed by atoms with E-state index in [4.69, 9.17) is 14.6 Å². The molecule has 4 heterocycles. The molecule has 0 aliphatic carbocycles. The molecule has 1 unspecified atom stereocenters. The number of aliphatic carboxylic acids is 1. The summed E-state index contributed by atoms with van der Waals surface area (Å²) in [7, 11) is 4.00. The Balaban J connectivity index is 0.000000383. The largest absolute Gasteiger partial charge is 0.490 e. The van der Waals surface area contributed by atoms with Crippen LogP contribution in [0.4, 0.5) is 13.2 Å². The fraction of sp³-hybridized carbons (Fsp3) is 0.524. The topological polar surface area (TPSA) is 101 Å². The highest BCUT2D eigenvalue weighted by Crippen LogP contribution is 2.38. The van der Waals surface area contributed by atoms with Crippen molar-refractivity contribution >= 4 is 11.9 Å². The Kier molecular flexibility index (Phi) is 7.25. The highest BCUT2D eigenvalue weighted by atomic mass is 19.4. The first-order chi connectivity index (χ1) is 15.5. The lowest BCUT2D eigenvalue weighted by Crippen LogP contribution is -2.72. The van der Waals surface area contributed by atoms with Crippen molar-refractivity contribution in [1.29, 1.82) is 0 Å². The zero-order valence-corrected chi connectivity index (χ0v) is 18.3. The van der Waals surface area contributed by atoms with Crippen molar-refractivity contribution < 1.29 is 32.6 Å². The molecule has 12 heteroatoms. The molecule has 1 amide bonds. The molecule has 2 aliphatic rings. The molecule has 2 aromatic rings. The molecule has 180 valence electrons. The summed E-state index contributed by atoms with van der Waals surface area (Å²) >= 11 is 0. The number of carbonyl (C=O) groups excluding carboxylic acids is 1. The van der Waals surface area contributed by atoms with Crippen LogP contribution in [0.15, 0.2) is 36.8 Å². The van der Waals surface area contributed by atoms with Crippen molar-refractivity contribution in [2.24, 2.45) is 13.0 Å². The third kappa shape index (κ3) is 6.01. The van der Waals surface area contributed by atoms with Crippen LogP contribution in [0.2, 0.25) is 0 Å². The van der Waals surface area contributed by atoms with Crippen molar-refractivity contribution in [3.8, 4) is 5.88 Å². The van der Waals surface area contributed by atoms with Crippen molar-refractivity contribution in [3.63, 3.8) is 0 Å². The van der Waals surface area contributed by atoms with Gasteiger partial charge in [-0.2, -0.15) is 18.3 Å². The molecule has 2 aromatic heterocycles. The van der Waals surface area contributed by atoms with Gasteiger partial charge in [-0.3, -0.25) is 14.4 Å². The summed E-state index contributed by atoms with van der Waals surface area (Å²) in [5.41, 5.74) is 0.740. The van der Waals surface area contributed by atoms with Crippen LogP contribution in [-0.4, -0.2) is 86.6 Å². The van der Waals surface area contributed by atoms with Gasteiger partial charge in [-0.05, 0) is 38.4 Å². The molecule has 0 bridgehead atoms. The molecule has 0 saturated carbocycles. The predicted molar refractivity (Wildman–Crippen MR) is 111 cm³/mol. The van der Waals surface area contributed by atoms with E-state index in [1.54, 1.807) is 23.3 Å². The number of hydrogen-bond acceptors (Lipinski definition) is 6. The first-order valence-electron chi connectivity index (χ1n) is 10.3. The van der Waals surface area contributed by atoms with Crippen molar-refractivity contribution in [3.05, 3.63) is 42.4 Å². The molecule has 9 nitrogen and oxygen atoms in total. The zero-order valence-electron chi connectivity index (χ0n) is 18.3. The minimum absolute atomic E-state index is 0.0731. The number of halogens is 3. The Labute approximate surface area is 188 Å². The van der Waals surface area contributed by atoms with Crippen molar-refractivity contribution in [2.75, 3.05) is 33.3 Å². The summed E-state index contributed by atoms with van der Waals surface area (Å²) in [6.07, 6.45) is 2.25. The number of aryl methyl sites for hydroxylation is 1. The number of hydrogen-bond donors (Lipinski definition) is 1. The normalized spacial score (nSPS) is 19.9. The number of amides is 1. The number of ether oxygens (including phenoxy) is 1. The highest BCUT2D eigenvalue weighted by molar-refractivity contribution is 5.94. The molecule has 1 N–H and O–H groups in total. The molecular formula is C21H26F3N5O4. The molecule has 2 fully saturated rings. The number of carbonyl (C=O) groups is 2. The first kappa shape index (κ1) is 24.5. The van der Waals surface area contributed by atoms with E-state index in [0.717, 1.165) is 32.5 Å². The molecule has 2 saturated heterocycles. The lowest BCUT2D eigenvalue weighted by atomic mass is 9.75. The number of nitrogens with zero attached hydrogens (tertiary/aromatic N) is 5. The second-order valence-electron chi connectivity index (χ2n) is 8.35. The maximum atomic E-state index is 12.6. The summed E-state index contributed by atoms with van der Waals surface area (Å²) in [5, 5.41) is 11.2. The average molecular weight is 469 g/mol. The van der Waals surface area contributed by atoms with E-state index in [1.165, 1.54) is 0 Å². The number of likely N-dealkylation sites (tertiary alicyclic amines) is 2. The highest BCUT2D eigenvalue weighted by Gasteiger charge is 2.51. The second-order valence-corrected chi connectivity index (χ2v) is 8.35. The standard InChI is InChI=1S/C19H25N5O2.C2HF3O2/c1-22-8-6-15(12-26-17-5-3-4-7-20-17)9-19(22)13-24(14-19)18(25)16-10-21-23(2)11-16;3-2(4,5)1(6)7/h3-5,7,10-11,15H,6,8-9,12-14H2,1-2H3;(H,6,7). The van der Waals surface area contributed by atoms with E-state index in [-0.39, 0.29) is 11.4 Å². The third-order valence-electron chi connectivity index (χ3n) is 5.91. The number of alkyl halides is 3. The van der Waals surface area contributed by atoms with Gasteiger partial charge in [0.2, 0.25) is 5.88 Å². The van der Waals surface area contributed by atoms with E-state index in [0.29, 0.717) is 24.0 Å². The second kappa shape index (κ2) is 9.77. The fourth-order valence-electron chi connectivity index (χ4n) is 4.08. The van der Waals surface area contributed by atoms with Gasteiger partial charge in [0.25, 0.3) is 5.91 Å².